The maximum absolute atomic E-state index is 14.2. The molecule has 2 atom stereocenters. The van der Waals surface area contributed by atoms with E-state index >= 15 is 0 Å². The number of halogens is 1. The molecule has 2 unspecified atom stereocenters. The van der Waals surface area contributed by atoms with Crippen LogP contribution >= 0.6 is 15.9 Å². The molecule has 1 aliphatic heterocycles. The second kappa shape index (κ2) is 7.97. The fourth-order valence-corrected chi connectivity index (χ4v) is 10.0. The molecule has 3 aliphatic rings. The predicted octanol–water partition coefficient (Wildman–Crippen LogP) is 9.57. The van der Waals surface area contributed by atoms with Gasteiger partial charge in [-0.1, -0.05) is 119 Å². The number of hydrogen-bond donors (Lipinski definition) is 0. The van der Waals surface area contributed by atoms with Crippen LogP contribution in [0.15, 0.2) is 142 Å². The molecule has 41 heavy (non-hydrogen) atoms. The van der Waals surface area contributed by atoms with Crippen molar-refractivity contribution in [1.29, 1.82) is 0 Å². The van der Waals surface area contributed by atoms with Crippen LogP contribution in [0.25, 0.3) is 44.5 Å². The Morgan fingerprint density at radius 3 is 1.78 bits per heavy atom. The highest BCUT2D eigenvalue weighted by Crippen LogP contribution is 2.64. The Kier molecular flexibility index (Phi) is 4.57. The molecule has 6 aromatic rings. The van der Waals surface area contributed by atoms with Crippen molar-refractivity contribution in [3.8, 4) is 44.5 Å². The van der Waals surface area contributed by atoms with Crippen molar-refractivity contribution in [1.82, 2.24) is 0 Å². The maximum Gasteiger partial charge on any atom is 0.0725 e. The smallest absolute Gasteiger partial charge is 0.0725 e. The van der Waals surface area contributed by atoms with Gasteiger partial charge in [-0.25, -0.2) is 0 Å². The van der Waals surface area contributed by atoms with Gasteiger partial charge >= 0.3 is 0 Å². The van der Waals surface area contributed by atoms with Crippen LogP contribution in [0, 0.1) is 0 Å². The van der Waals surface area contributed by atoms with E-state index in [1.807, 2.05) is 18.2 Å². The highest BCUT2D eigenvalue weighted by molar-refractivity contribution is 9.10. The largest absolute Gasteiger partial charge is 0.258 e. The van der Waals surface area contributed by atoms with E-state index < -0.39 is 14.9 Å². The van der Waals surface area contributed by atoms with E-state index in [1.54, 1.807) is 0 Å². The molecule has 194 valence electrons. The highest BCUT2D eigenvalue weighted by Gasteiger charge is 2.51. The third kappa shape index (κ3) is 2.76. The van der Waals surface area contributed by atoms with Crippen LogP contribution in [0.2, 0.25) is 0 Å². The van der Waals surface area contributed by atoms with Crippen molar-refractivity contribution in [3.63, 3.8) is 0 Å². The molecule has 0 aromatic heterocycles. The minimum absolute atomic E-state index is 0.563. The fourth-order valence-electron chi connectivity index (χ4n) is 7.76. The summed E-state index contributed by atoms with van der Waals surface area (Å²) in [6.45, 7) is 0. The molecule has 0 saturated heterocycles. The third-order valence-corrected chi connectivity index (χ3v) is 11.9. The van der Waals surface area contributed by atoms with Gasteiger partial charge in [0.1, 0.15) is 0 Å². The van der Waals surface area contributed by atoms with E-state index in [2.05, 4.69) is 131 Å². The Bertz CT molecular complexity index is 2240. The van der Waals surface area contributed by atoms with Crippen LogP contribution in [-0.2, 0) is 14.9 Å². The van der Waals surface area contributed by atoms with Gasteiger partial charge in [-0.05, 0) is 91.3 Å². The van der Waals surface area contributed by atoms with E-state index in [9.17, 15) is 4.21 Å². The molecular formula is C38H23BrOS. The lowest BCUT2D eigenvalue weighted by atomic mass is 9.66. The molecule has 2 aliphatic carbocycles. The summed E-state index contributed by atoms with van der Waals surface area (Å²) in [5.74, 6) is 4.28. The van der Waals surface area contributed by atoms with Crippen molar-refractivity contribution < 1.29 is 4.21 Å². The zero-order valence-corrected chi connectivity index (χ0v) is 24.4. The van der Waals surface area contributed by atoms with Crippen LogP contribution in [0.1, 0.15) is 22.3 Å². The number of rotatable bonds is 0. The molecule has 0 radical (unpaired) electrons. The van der Waals surface area contributed by atoms with Crippen LogP contribution in [-0.4, -0.2) is 10.1 Å². The van der Waals surface area contributed by atoms with Crippen molar-refractivity contribution in [2.75, 3.05) is 0 Å². The van der Waals surface area contributed by atoms with Gasteiger partial charge in [0.25, 0.3) is 0 Å². The van der Waals surface area contributed by atoms with Crippen molar-refractivity contribution in [3.05, 3.63) is 154 Å². The first-order chi connectivity index (χ1) is 20.0. The zero-order chi connectivity index (χ0) is 27.5. The van der Waals surface area contributed by atoms with Crippen molar-refractivity contribution in [2.24, 2.45) is 0 Å². The molecule has 1 nitrogen and oxygen atoms in total. The molecule has 3 heteroatoms. The van der Waals surface area contributed by atoms with Gasteiger partial charge in [-0.15, -0.1) is 0 Å². The van der Waals surface area contributed by atoms with Gasteiger partial charge in [-0.2, -0.15) is 0 Å². The average Bonchev–Trinajstić information content (AvgIpc) is 3.39. The summed E-state index contributed by atoms with van der Waals surface area (Å²) in [4.78, 5) is 1.67. The van der Waals surface area contributed by atoms with Crippen LogP contribution in [0.5, 0.6) is 0 Å². The van der Waals surface area contributed by atoms with Gasteiger partial charge < -0.3 is 0 Å². The SMILES string of the molecule is C=S1(=O)c2ccccc2-c2c1ccc1c2-c2ccccc2C12c1ccccc1-c1ccccc1-c1cc(Br)ccc12. The van der Waals surface area contributed by atoms with Gasteiger partial charge in [0.05, 0.1) is 5.41 Å². The quantitative estimate of drug-likeness (QED) is 0.157. The number of benzene rings is 6. The molecule has 1 heterocycles. The lowest BCUT2D eigenvalue weighted by Gasteiger charge is -2.35. The molecule has 6 aromatic carbocycles. The van der Waals surface area contributed by atoms with E-state index in [0.717, 1.165) is 25.4 Å². The molecular weight excluding hydrogens is 584 g/mol. The Balaban J connectivity index is 1.54. The van der Waals surface area contributed by atoms with Crippen LogP contribution < -0.4 is 0 Å². The second-order valence-corrected chi connectivity index (χ2v) is 14.3. The number of hydrogen-bond acceptors (Lipinski definition) is 1. The first kappa shape index (κ1) is 23.5. The summed E-state index contributed by atoms with van der Waals surface area (Å²) in [5, 5.41) is 0. The lowest BCUT2D eigenvalue weighted by Crippen LogP contribution is -2.29. The Hall–Kier alpha value is -4.18. The summed E-state index contributed by atoms with van der Waals surface area (Å²) >= 11 is 3.80. The second-order valence-electron chi connectivity index (χ2n) is 11.1. The summed E-state index contributed by atoms with van der Waals surface area (Å²) in [6.07, 6.45) is 0. The molecule has 0 saturated carbocycles. The maximum atomic E-state index is 14.2. The average molecular weight is 608 g/mol. The third-order valence-electron chi connectivity index (χ3n) is 9.26. The Morgan fingerprint density at radius 2 is 1.02 bits per heavy atom. The Labute approximate surface area is 248 Å². The summed E-state index contributed by atoms with van der Waals surface area (Å²) < 4.78 is 15.3. The Morgan fingerprint density at radius 1 is 0.488 bits per heavy atom. The predicted molar refractivity (Wildman–Crippen MR) is 173 cm³/mol. The topological polar surface area (TPSA) is 17.1 Å². The van der Waals surface area contributed by atoms with Gasteiger partial charge in [0, 0.05) is 29.3 Å². The minimum atomic E-state index is -2.62. The summed E-state index contributed by atoms with van der Waals surface area (Å²) in [5.41, 5.74) is 13.8. The molecule has 0 N–H and O–H groups in total. The molecule has 0 bridgehead atoms. The zero-order valence-electron chi connectivity index (χ0n) is 22.0. The lowest BCUT2D eigenvalue weighted by molar-refractivity contribution is 0.683. The highest BCUT2D eigenvalue weighted by atomic mass is 79.9. The molecule has 0 amide bonds. The van der Waals surface area contributed by atoms with E-state index in [-0.39, 0.29) is 0 Å². The summed E-state index contributed by atoms with van der Waals surface area (Å²) in [6, 6.07) is 45.7. The number of fused-ring (bicyclic) bond motifs is 16. The fraction of sp³-hybridized carbons (Fsp3) is 0.0263. The standard InChI is InChI=1S/C38H23BrOS/c1-41(40)34-17-9-6-14-28(34)37-35(41)21-20-33-36(37)27-13-5-8-16-31(27)38(33)30-15-7-4-12-26(30)24-10-2-3-11-25(24)29-22-23(39)18-19-32(29)38/h2-22H,1H2. The normalized spacial score (nSPS) is 20.2. The van der Waals surface area contributed by atoms with Crippen LogP contribution in [0.4, 0.5) is 0 Å². The summed E-state index contributed by atoms with van der Waals surface area (Å²) in [7, 11) is -2.62. The van der Waals surface area contributed by atoms with Gasteiger partial charge in [0.15, 0.2) is 0 Å². The van der Waals surface area contributed by atoms with Crippen molar-refractivity contribution in [2.45, 2.75) is 15.2 Å². The first-order valence-electron chi connectivity index (χ1n) is 13.8. The van der Waals surface area contributed by atoms with E-state index in [0.29, 0.717) is 0 Å². The van der Waals surface area contributed by atoms with Gasteiger partial charge in [-0.3, -0.25) is 4.21 Å². The molecule has 9 rings (SSSR count). The molecule has 1 spiro atoms. The van der Waals surface area contributed by atoms with Crippen molar-refractivity contribution >= 4 is 31.3 Å². The van der Waals surface area contributed by atoms with E-state index in [1.165, 1.54) is 55.6 Å². The molecule has 0 fully saturated rings. The van der Waals surface area contributed by atoms with E-state index in [4.69, 9.17) is 0 Å². The monoisotopic (exact) mass is 606 g/mol. The first-order valence-corrected chi connectivity index (χ1v) is 16.3. The van der Waals surface area contributed by atoms with Crippen LogP contribution in [0.3, 0.4) is 0 Å². The van der Waals surface area contributed by atoms with Gasteiger partial charge in [0.2, 0.25) is 0 Å². The minimum Gasteiger partial charge on any atom is -0.258 e.